The maximum atomic E-state index is 13.8. The highest BCUT2D eigenvalue weighted by atomic mass is 19.4. The number of allylic oxidation sites excluding steroid dienone is 2. The summed E-state index contributed by atoms with van der Waals surface area (Å²) in [6.07, 6.45) is 3.61. The molecular weight excluding hydrogens is 360 g/mol. The molecule has 27 heavy (non-hydrogen) atoms. The Morgan fingerprint density at radius 3 is 2.56 bits per heavy atom. The molecule has 1 fully saturated rings. The second-order valence-corrected chi connectivity index (χ2v) is 7.20. The predicted octanol–water partition coefficient (Wildman–Crippen LogP) is 5.37. The Hall–Kier alpha value is -2.44. The van der Waals surface area contributed by atoms with E-state index in [4.69, 9.17) is 0 Å². The number of rotatable bonds is 3. The minimum atomic E-state index is -4.36. The number of benzene rings is 1. The average Bonchev–Trinajstić information content (AvgIpc) is 2.90. The fourth-order valence-electron chi connectivity index (χ4n) is 3.78. The lowest BCUT2D eigenvalue weighted by atomic mass is 9.92. The van der Waals surface area contributed by atoms with Crippen LogP contribution in [0.1, 0.15) is 37.9 Å². The first-order valence-corrected chi connectivity index (χ1v) is 9.01. The van der Waals surface area contributed by atoms with Gasteiger partial charge in [0, 0.05) is 24.0 Å². The molecule has 1 atom stereocenters. The Balaban J connectivity index is 1.89. The fraction of sp³-hybridized carbons (Fsp3) is 0.400. The van der Waals surface area contributed by atoms with E-state index in [0.29, 0.717) is 22.3 Å². The number of fused-ring (bicyclic) bond motifs is 1. The standard InChI is InChI=1S/C20H20F4N2O/c1-12(20(22,23)24)25-8-3-2-7-16(25)18-10-13-9-15(21)19(27)11-17(13)26(18)14-5-4-6-14/h2-3,7,9-12,14,27H,4-6,8H2,1H3/t12-/m0/s1. The summed E-state index contributed by atoms with van der Waals surface area (Å²) in [5, 5.41) is 10.4. The van der Waals surface area contributed by atoms with Gasteiger partial charge >= 0.3 is 6.18 Å². The van der Waals surface area contributed by atoms with Crippen molar-refractivity contribution < 1.29 is 22.7 Å². The van der Waals surface area contributed by atoms with Crippen LogP contribution >= 0.6 is 0 Å². The van der Waals surface area contributed by atoms with E-state index in [2.05, 4.69) is 0 Å². The molecule has 1 saturated carbocycles. The first kappa shape index (κ1) is 17.9. The summed E-state index contributed by atoms with van der Waals surface area (Å²) >= 11 is 0. The van der Waals surface area contributed by atoms with Crippen molar-refractivity contribution in [1.82, 2.24) is 9.47 Å². The summed E-state index contributed by atoms with van der Waals surface area (Å²) in [6, 6.07) is 2.81. The zero-order valence-electron chi connectivity index (χ0n) is 14.8. The zero-order valence-corrected chi connectivity index (χ0v) is 14.8. The van der Waals surface area contributed by atoms with Gasteiger partial charge in [0.1, 0.15) is 6.04 Å². The van der Waals surface area contributed by atoms with Crippen molar-refractivity contribution in [2.24, 2.45) is 0 Å². The van der Waals surface area contributed by atoms with E-state index in [0.717, 1.165) is 26.2 Å². The number of alkyl halides is 3. The number of nitrogens with zero attached hydrogens (tertiary/aromatic N) is 2. The number of halogens is 4. The van der Waals surface area contributed by atoms with Crippen molar-refractivity contribution in [3.05, 3.63) is 47.9 Å². The summed E-state index contributed by atoms with van der Waals surface area (Å²) < 4.78 is 56.0. The van der Waals surface area contributed by atoms with Gasteiger partial charge in [-0.1, -0.05) is 12.2 Å². The lowest BCUT2D eigenvalue weighted by Crippen LogP contribution is -2.43. The molecule has 0 radical (unpaired) electrons. The second kappa shape index (κ2) is 6.32. The molecule has 1 aromatic heterocycles. The van der Waals surface area contributed by atoms with E-state index in [9.17, 15) is 22.7 Å². The van der Waals surface area contributed by atoms with Gasteiger partial charge < -0.3 is 14.6 Å². The van der Waals surface area contributed by atoms with E-state index < -0.39 is 23.8 Å². The maximum absolute atomic E-state index is 13.8. The maximum Gasteiger partial charge on any atom is 0.408 e. The van der Waals surface area contributed by atoms with Gasteiger partial charge in [0.2, 0.25) is 0 Å². The molecule has 1 aliphatic carbocycles. The molecule has 3 nitrogen and oxygen atoms in total. The van der Waals surface area contributed by atoms with E-state index in [-0.39, 0.29) is 12.6 Å². The fourth-order valence-corrected chi connectivity index (χ4v) is 3.78. The Morgan fingerprint density at radius 1 is 1.19 bits per heavy atom. The third-order valence-electron chi connectivity index (χ3n) is 5.55. The Labute approximate surface area is 154 Å². The van der Waals surface area contributed by atoms with Crippen molar-refractivity contribution in [1.29, 1.82) is 0 Å². The number of aromatic nitrogens is 1. The van der Waals surface area contributed by atoms with Gasteiger partial charge in [0.15, 0.2) is 11.6 Å². The van der Waals surface area contributed by atoms with Gasteiger partial charge in [-0.3, -0.25) is 0 Å². The first-order chi connectivity index (χ1) is 12.8. The number of phenols is 1. The molecule has 0 amide bonds. The van der Waals surface area contributed by atoms with Crippen LogP contribution in [0.25, 0.3) is 16.6 Å². The third-order valence-corrected chi connectivity index (χ3v) is 5.55. The molecule has 0 spiro atoms. The van der Waals surface area contributed by atoms with Crippen LogP contribution in [0.3, 0.4) is 0 Å². The smallest absolute Gasteiger partial charge is 0.408 e. The Morgan fingerprint density at radius 2 is 1.93 bits per heavy atom. The highest BCUT2D eigenvalue weighted by Crippen LogP contribution is 2.42. The summed E-state index contributed by atoms with van der Waals surface area (Å²) in [5.41, 5.74) is 1.73. The summed E-state index contributed by atoms with van der Waals surface area (Å²) in [6.45, 7) is 1.30. The van der Waals surface area contributed by atoms with E-state index in [1.165, 1.54) is 17.0 Å². The van der Waals surface area contributed by atoms with Crippen LogP contribution in [0.2, 0.25) is 0 Å². The second-order valence-electron chi connectivity index (χ2n) is 7.20. The van der Waals surface area contributed by atoms with Crippen LogP contribution in [-0.2, 0) is 0 Å². The normalized spacial score (nSPS) is 19.3. The van der Waals surface area contributed by atoms with Gasteiger partial charge in [0.05, 0.1) is 16.9 Å². The van der Waals surface area contributed by atoms with E-state index >= 15 is 0 Å². The number of aromatic hydroxyl groups is 1. The molecule has 7 heteroatoms. The van der Waals surface area contributed by atoms with Crippen LogP contribution in [0, 0.1) is 5.82 Å². The average molecular weight is 380 g/mol. The summed E-state index contributed by atoms with van der Waals surface area (Å²) in [7, 11) is 0. The van der Waals surface area contributed by atoms with E-state index in [1.54, 1.807) is 24.3 Å². The van der Waals surface area contributed by atoms with Crippen LogP contribution in [-0.4, -0.2) is 33.3 Å². The molecule has 0 bridgehead atoms. The van der Waals surface area contributed by atoms with Crippen molar-refractivity contribution in [3.8, 4) is 5.75 Å². The molecule has 1 aliphatic heterocycles. The Bertz CT molecular complexity index is 938. The minimum Gasteiger partial charge on any atom is -0.505 e. The SMILES string of the molecule is C[C@H](N1CC=CC=C1c1cc2cc(F)c(O)cc2n1C1CCC1)C(F)(F)F. The van der Waals surface area contributed by atoms with Crippen molar-refractivity contribution in [2.75, 3.05) is 6.54 Å². The minimum absolute atomic E-state index is 0.136. The quantitative estimate of drug-likeness (QED) is 0.725. The molecule has 2 aromatic rings. The van der Waals surface area contributed by atoms with Crippen LogP contribution in [0.4, 0.5) is 17.6 Å². The molecule has 4 rings (SSSR count). The lowest BCUT2D eigenvalue weighted by molar-refractivity contribution is -0.169. The first-order valence-electron chi connectivity index (χ1n) is 9.01. The zero-order chi connectivity index (χ0) is 19.3. The monoisotopic (exact) mass is 380 g/mol. The van der Waals surface area contributed by atoms with Crippen LogP contribution in [0.15, 0.2) is 36.4 Å². The van der Waals surface area contributed by atoms with Gasteiger partial charge in [-0.05, 0) is 44.4 Å². The Kier molecular flexibility index (Phi) is 4.20. The molecule has 0 unspecified atom stereocenters. The van der Waals surface area contributed by atoms with Crippen molar-refractivity contribution >= 4 is 16.6 Å². The molecule has 2 heterocycles. The van der Waals surface area contributed by atoms with Gasteiger partial charge in [-0.25, -0.2) is 4.39 Å². The van der Waals surface area contributed by atoms with Gasteiger partial charge in [-0.2, -0.15) is 13.2 Å². The summed E-state index contributed by atoms with van der Waals surface area (Å²) in [4.78, 5) is 1.32. The lowest BCUT2D eigenvalue weighted by Gasteiger charge is -2.37. The molecule has 2 aliphatic rings. The molecule has 1 N–H and O–H groups in total. The number of hydrogen-bond donors (Lipinski definition) is 1. The van der Waals surface area contributed by atoms with Gasteiger partial charge in [-0.15, -0.1) is 0 Å². The van der Waals surface area contributed by atoms with E-state index in [1.807, 2.05) is 4.57 Å². The third kappa shape index (κ3) is 2.99. The molecule has 1 aromatic carbocycles. The van der Waals surface area contributed by atoms with Crippen molar-refractivity contribution in [2.45, 2.75) is 44.4 Å². The highest BCUT2D eigenvalue weighted by molar-refractivity contribution is 5.87. The largest absolute Gasteiger partial charge is 0.505 e. The van der Waals surface area contributed by atoms with Crippen LogP contribution in [0.5, 0.6) is 5.75 Å². The van der Waals surface area contributed by atoms with Gasteiger partial charge in [0.25, 0.3) is 0 Å². The topological polar surface area (TPSA) is 28.4 Å². The number of hydrogen-bond acceptors (Lipinski definition) is 2. The molecular formula is C20H20F4N2O. The summed E-state index contributed by atoms with van der Waals surface area (Å²) in [5.74, 6) is -1.19. The van der Waals surface area contributed by atoms with Crippen LogP contribution < -0.4 is 0 Å². The van der Waals surface area contributed by atoms with Crippen molar-refractivity contribution in [3.63, 3.8) is 0 Å². The number of phenolic OH excluding ortho intramolecular Hbond substituents is 1. The highest BCUT2D eigenvalue weighted by Gasteiger charge is 2.41. The predicted molar refractivity (Wildman–Crippen MR) is 95.8 cm³/mol. The molecule has 0 saturated heterocycles. The molecule has 144 valence electrons.